The van der Waals surface area contributed by atoms with Gasteiger partial charge in [-0.1, -0.05) is 6.07 Å². The first-order valence-electron chi connectivity index (χ1n) is 5.29. The van der Waals surface area contributed by atoms with Gasteiger partial charge in [0.1, 0.15) is 6.33 Å². The average molecular weight is 216 g/mol. The van der Waals surface area contributed by atoms with Crippen molar-refractivity contribution < 1.29 is 4.79 Å². The van der Waals surface area contributed by atoms with Crippen LogP contribution in [0.4, 0.5) is 0 Å². The van der Waals surface area contributed by atoms with E-state index in [0.717, 1.165) is 18.7 Å². The molecule has 0 radical (unpaired) electrons. The molecule has 0 atom stereocenters. The van der Waals surface area contributed by atoms with Crippen LogP contribution in [0.5, 0.6) is 0 Å². The standard InChI is InChI=1S/C11H12N4O/c1-8(16)14-4-10(5-14)9-2-3-11-12-7-13-15(11)6-9/h2-3,6-7,10H,4-5H2,1H3. The number of carbonyl (C=O) groups is 1. The molecule has 1 saturated heterocycles. The molecule has 5 nitrogen and oxygen atoms in total. The Morgan fingerprint density at radius 2 is 2.25 bits per heavy atom. The van der Waals surface area contributed by atoms with Crippen LogP contribution in [0, 0.1) is 0 Å². The topological polar surface area (TPSA) is 50.5 Å². The van der Waals surface area contributed by atoms with Crippen LogP contribution in [-0.4, -0.2) is 38.5 Å². The van der Waals surface area contributed by atoms with E-state index in [0.29, 0.717) is 5.92 Å². The van der Waals surface area contributed by atoms with Crippen molar-refractivity contribution in [1.29, 1.82) is 0 Å². The summed E-state index contributed by atoms with van der Waals surface area (Å²) in [7, 11) is 0. The Balaban J connectivity index is 1.83. The summed E-state index contributed by atoms with van der Waals surface area (Å²) >= 11 is 0. The Hall–Kier alpha value is -1.91. The van der Waals surface area contributed by atoms with Gasteiger partial charge in [-0.2, -0.15) is 5.10 Å². The zero-order valence-corrected chi connectivity index (χ0v) is 9.00. The van der Waals surface area contributed by atoms with Gasteiger partial charge >= 0.3 is 0 Å². The Bertz CT molecular complexity index is 542. The van der Waals surface area contributed by atoms with E-state index < -0.39 is 0 Å². The lowest BCUT2D eigenvalue weighted by atomic mass is 9.93. The number of fused-ring (bicyclic) bond motifs is 1. The summed E-state index contributed by atoms with van der Waals surface area (Å²) in [4.78, 5) is 17.0. The van der Waals surface area contributed by atoms with E-state index in [1.54, 1.807) is 17.8 Å². The maximum absolute atomic E-state index is 11.1. The highest BCUT2D eigenvalue weighted by Gasteiger charge is 2.29. The second-order valence-corrected chi connectivity index (χ2v) is 4.15. The second-order valence-electron chi connectivity index (χ2n) is 4.15. The number of pyridine rings is 1. The largest absolute Gasteiger partial charge is 0.342 e. The SMILES string of the molecule is CC(=O)N1CC(c2ccc3ncnn3c2)C1. The number of rotatable bonds is 1. The third-order valence-electron chi connectivity index (χ3n) is 3.10. The van der Waals surface area contributed by atoms with Gasteiger partial charge in [-0.25, -0.2) is 9.50 Å². The average Bonchev–Trinajstić information content (AvgIpc) is 2.61. The summed E-state index contributed by atoms with van der Waals surface area (Å²) in [5.41, 5.74) is 2.07. The molecule has 1 aliphatic rings. The molecule has 0 N–H and O–H groups in total. The Labute approximate surface area is 92.7 Å². The third-order valence-corrected chi connectivity index (χ3v) is 3.10. The summed E-state index contributed by atoms with van der Waals surface area (Å²) in [6.07, 6.45) is 3.53. The number of nitrogens with zero attached hydrogens (tertiary/aromatic N) is 4. The number of aromatic nitrogens is 3. The number of carbonyl (C=O) groups excluding carboxylic acids is 1. The molecule has 0 spiro atoms. The molecule has 82 valence electrons. The van der Waals surface area contributed by atoms with Gasteiger partial charge < -0.3 is 4.90 Å². The molecular weight excluding hydrogens is 204 g/mol. The molecule has 3 heterocycles. The number of hydrogen-bond donors (Lipinski definition) is 0. The van der Waals surface area contributed by atoms with Gasteiger partial charge in [0.05, 0.1) is 0 Å². The molecule has 2 aromatic rings. The van der Waals surface area contributed by atoms with Crippen molar-refractivity contribution >= 4 is 11.6 Å². The lowest BCUT2D eigenvalue weighted by Gasteiger charge is -2.38. The quantitative estimate of drug-likeness (QED) is 0.704. The minimum absolute atomic E-state index is 0.151. The fraction of sp³-hybridized carbons (Fsp3) is 0.364. The molecule has 0 bridgehead atoms. The fourth-order valence-electron chi connectivity index (χ4n) is 2.02. The van der Waals surface area contributed by atoms with Gasteiger partial charge in [-0.3, -0.25) is 4.79 Å². The first-order valence-corrected chi connectivity index (χ1v) is 5.29. The van der Waals surface area contributed by atoms with Gasteiger partial charge in [0.2, 0.25) is 5.91 Å². The van der Waals surface area contributed by atoms with Crippen LogP contribution in [0.1, 0.15) is 18.4 Å². The normalized spacial score (nSPS) is 16.4. The third kappa shape index (κ3) is 1.36. The summed E-state index contributed by atoms with van der Waals surface area (Å²) in [5, 5.41) is 4.10. The summed E-state index contributed by atoms with van der Waals surface area (Å²) in [6, 6.07) is 4.02. The smallest absolute Gasteiger partial charge is 0.219 e. The molecule has 0 aliphatic carbocycles. The first kappa shape index (κ1) is 9.33. The predicted molar refractivity (Wildman–Crippen MR) is 58.0 cm³/mol. The highest BCUT2D eigenvalue weighted by Crippen LogP contribution is 2.26. The van der Waals surface area contributed by atoms with Gasteiger partial charge in [0, 0.05) is 32.1 Å². The van der Waals surface area contributed by atoms with Crippen molar-refractivity contribution in [2.45, 2.75) is 12.8 Å². The van der Waals surface area contributed by atoms with Crippen molar-refractivity contribution in [1.82, 2.24) is 19.5 Å². The lowest BCUT2D eigenvalue weighted by molar-refractivity contribution is -0.133. The zero-order chi connectivity index (χ0) is 11.1. The Morgan fingerprint density at radius 3 is 3.00 bits per heavy atom. The van der Waals surface area contributed by atoms with Gasteiger partial charge in [-0.05, 0) is 11.6 Å². The van der Waals surface area contributed by atoms with Gasteiger partial charge in [0.25, 0.3) is 0 Å². The fourth-order valence-corrected chi connectivity index (χ4v) is 2.02. The molecular formula is C11H12N4O. The maximum Gasteiger partial charge on any atom is 0.219 e. The molecule has 3 rings (SSSR count). The number of likely N-dealkylation sites (tertiary alicyclic amines) is 1. The zero-order valence-electron chi connectivity index (χ0n) is 9.00. The van der Waals surface area contributed by atoms with Crippen molar-refractivity contribution in [3.05, 3.63) is 30.2 Å². The highest BCUT2D eigenvalue weighted by atomic mass is 16.2. The predicted octanol–water partition coefficient (Wildman–Crippen LogP) is 0.675. The van der Waals surface area contributed by atoms with E-state index in [1.165, 1.54) is 5.56 Å². The lowest BCUT2D eigenvalue weighted by Crippen LogP contribution is -2.47. The number of amides is 1. The van der Waals surface area contributed by atoms with Gasteiger partial charge in [-0.15, -0.1) is 0 Å². The van der Waals surface area contributed by atoms with E-state index in [9.17, 15) is 4.79 Å². The van der Waals surface area contributed by atoms with Crippen LogP contribution in [-0.2, 0) is 4.79 Å². The Morgan fingerprint density at radius 1 is 1.44 bits per heavy atom. The molecule has 1 amide bonds. The van der Waals surface area contributed by atoms with Crippen molar-refractivity contribution in [3.8, 4) is 0 Å². The van der Waals surface area contributed by atoms with E-state index in [-0.39, 0.29) is 5.91 Å². The monoisotopic (exact) mass is 216 g/mol. The van der Waals surface area contributed by atoms with Gasteiger partial charge in [0.15, 0.2) is 5.65 Å². The van der Waals surface area contributed by atoms with Crippen LogP contribution in [0.25, 0.3) is 5.65 Å². The Kier molecular flexibility index (Phi) is 1.92. The van der Waals surface area contributed by atoms with E-state index in [4.69, 9.17) is 0 Å². The summed E-state index contributed by atoms with van der Waals surface area (Å²) < 4.78 is 1.77. The van der Waals surface area contributed by atoms with E-state index >= 15 is 0 Å². The molecule has 5 heteroatoms. The molecule has 1 aliphatic heterocycles. The molecule has 16 heavy (non-hydrogen) atoms. The van der Waals surface area contributed by atoms with Crippen LogP contribution in [0.2, 0.25) is 0 Å². The van der Waals surface area contributed by atoms with Crippen LogP contribution < -0.4 is 0 Å². The maximum atomic E-state index is 11.1. The summed E-state index contributed by atoms with van der Waals surface area (Å²) in [6.45, 7) is 3.24. The second kappa shape index (κ2) is 3.30. The van der Waals surface area contributed by atoms with E-state index in [2.05, 4.69) is 16.1 Å². The molecule has 0 unspecified atom stereocenters. The highest BCUT2D eigenvalue weighted by molar-refractivity contribution is 5.74. The number of hydrogen-bond acceptors (Lipinski definition) is 3. The van der Waals surface area contributed by atoms with Crippen LogP contribution >= 0.6 is 0 Å². The molecule has 0 aromatic carbocycles. The van der Waals surface area contributed by atoms with Crippen LogP contribution in [0.3, 0.4) is 0 Å². The van der Waals surface area contributed by atoms with Crippen molar-refractivity contribution in [2.24, 2.45) is 0 Å². The molecule has 2 aromatic heterocycles. The van der Waals surface area contributed by atoms with Crippen LogP contribution in [0.15, 0.2) is 24.7 Å². The van der Waals surface area contributed by atoms with Crippen molar-refractivity contribution in [2.75, 3.05) is 13.1 Å². The minimum atomic E-state index is 0.151. The minimum Gasteiger partial charge on any atom is -0.342 e. The molecule has 1 fully saturated rings. The summed E-state index contributed by atoms with van der Waals surface area (Å²) in [5.74, 6) is 0.593. The van der Waals surface area contributed by atoms with E-state index in [1.807, 2.05) is 17.2 Å². The van der Waals surface area contributed by atoms with Crippen molar-refractivity contribution in [3.63, 3.8) is 0 Å². The first-order chi connectivity index (χ1) is 7.74. The molecule has 0 saturated carbocycles.